The maximum atomic E-state index is 12.7. The molecule has 0 unspecified atom stereocenters. The van der Waals surface area contributed by atoms with Gasteiger partial charge in [-0.15, -0.1) is 0 Å². The van der Waals surface area contributed by atoms with E-state index < -0.39 is 0 Å². The Balaban J connectivity index is 1.96. The highest BCUT2D eigenvalue weighted by molar-refractivity contribution is 8.18. The van der Waals surface area contributed by atoms with Gasteiger partial charge in [-0.25, -0.2) is 4.99 Å². The van der Waals surface area contributed by atoms with E-state index in [0.29, 0.717) is 26.7 Å². The first kappa shape index (κ1) is 18.1. The average Bonchev–Trinajstić information content (AvgIpc) is 2.89. The van der Waals surface area contributed by atoms with Crippen LogP contribution in [0, 0.1) is 6.92 Å². The number of amidine groups is 1. The Bertz CT molecular complexity index is 875. The molecule has 1 aliphatic rings. The zero-order valence-electron chi connectivity index (χ0n) is 13.8. The first-order valence-corrected chi connectivity index (χ1v) is 9.37. The van der Waals surface area contributed by atoms with Gasteiger partial charge in [0.25, 0.3) is 5.91 Å². The van der Waals surface area contributed by atoms with Gasteiger partial charge in [-0.05, 0) is 55.4 Å². The molecule has 2 aromatic carbocycles. The molecule has 0 spiro atoms. The van der Waals surface area contributed by atoms with Gasteiger partial charge in [0.05, 0.1) is 20.6 Å². The third kappa shape index (κ3) is 3.92. The zero-order valence-corrected chi connectivity index (χ0v) is 16.1. The molecule has 3 nitrogen and oxygen atoms in total. The number of carbonyl (C=O) groups is 1. The molecule has 3 rings (SSSR count). The molecule has 6 heteroatoms. The molecule has 0 aromatic heterocycles. The smallest absolute Gasteiger partial charge is 0.266 e. The van der Waals surface area contributed by atoms with Gasteiger partial charge in [-0.2, -0.15) is 0 Å². The van der Waals surface area contributed by atoms with Crippen LogP contribution in [0.1, 0.15) is 18.1 Å². The Morgan fingerprint density at radius 2 is 1.88 bits per heavy atom. The van der Waals surface area contributed by atoms with Gasteiger partial charge in [0.2, 0.25) is 0 Å². The number of likely N-dealkylation sites (N-methyl/N-ethyl adjacent to an activating group) is 1. The van der Waals surface area contributed by atoms with Gasteiger partial charge in [-0.3, -0.25) is 9.69 Å². The summed E-state index contributed by atoms with van der Waals surface area (Å²) in [6.45, 7) is 4.51. The van der Waals surface area contributed by atoms with Gasteiger partial charge >= 0.3 is 0 Å². The Kier molecular flexibility index (Phi) is 5.52. The second-order valence-corrected chi connectivity index (χ2v) is 7.33. The van der Waals surface area contributed by atoms with Gasteiger partial charge in [0, 0.05) is 6.54 Å². The number of benzene rings is 2. The highest BCUT2D eigenvalue weighted by atomic mass is 35.5. The monoisotopic (exact) mass is 390 g/mol. The number of halogens is 2. The SMILES string of the molecule is CCN1C(=O)/C(=C\c2cccc(Cl)c2Cl)SC1=Nc1ccc(C)cc1. The number of carbonyl (C=O) groups excluding carboxylic acids is 1. The minimum absolute atomic E-state index is 0.0746. The number of aryl methyl sites for hydroxylation is 1. The summed E-state index contributed by atoms with van der Waals surface area (Å²) in [4.78, 5) is 19.5. The number of aliphatic imine (C=N–C) groups is 1. The largest absolute Gasteiger partial charge is 0.287 e. The number of thioether (sulfide) groups is 1. The Morgan fingerprint density at radius 3 is 2.56 bits per heavy atom. The lowest BCUT2D eigenvalue weighted by Gasteiger charge is -2.12. The van der Waals surface area contributed by atoms with Crippen LogP contribution >= 0.6 is 35.0 Å². The first-order valence-electron chi connectivity index (χ1n) is 7.80. The Morgan fingerprint density at radius 1 is 1.16 bits per heavy atom. The lowest BCUT2D eigenvalue weighted by atomic mass is 10.2. The van der Waals surface area contributed by atoms with E-state index in [0.717, 1.165) is 11.3 Å². The third-order valence-corrected chi connectivity index (χ3v) is 5.57. The van der Waals surface area contributed by atoms with E-state index in [-0.39, 0.29) is 5.91 Å². The van der Waals surface area contributed by atoms with Crippen LogP contribution in [-0.4, -0.2) is 22.5 Å². The van der Waals surface area contributed by atoms with Crippen LogP contribution in [0.4, 0.5) is 5.69 Å². The van der Waals surface area contributed by atoms with Crippen LogP contribution in [0.2, 0.25) is 10.0 Å². The van der Waals surface area contributed by atoms with Gasteiger partial charge < -0.3 is 0 Å². The Labute approximate surface area is 161 Å². The molecule has 1 fully saturated rings. The summed E-state index contributed by atoms with van der Waals surface area (Å²) in [5.41, 5.74) is 2.71. The molecule has 0 N–H and O–H groups in total. The molecule has 2 aromatic rings. The number of amides is 1. The van der Waals surface area contributed by atoms with Crippen LogP contribution in [0.5, 0.6) is 0 Å². The summed E-state index contributed by atoms with van der Waals surface area (Å²) in [6.07, 6.45) is 1.77. The van der Waals surface area contributed by atoms with Crippen LogP contribution < -0.4 is 0 Å². The summed E-state index contributed by atoms with van der Waals surface area (Å²) in [5, 5.41) is 1.57. The fraction of sp³-hybridized carbons (Fsp3) is 0.158. The fourth-order valence-electron chi connectivity index (χ4n) is 2.37. The second-order valence-electron chi connectivity index (χ2n) is 5.53. The maximum absolute atomic E-state index is 12.7. The molecule has 1 aliphatic heterocycles. The molecule has 128 valence electrons. The van der Waals surface area contributed by atoms with Crippen molar-refractivity contribution in [1.82, 2.24) is 4.90 Å². The van der Waals surface area contributed by atoms with Crippen molar-refractivity contribution in [3.63, 3.8) is 0 Å². The summed E-state index contributed by atoms with van der Waals surface area (Å²) in [6, 6.07) is 13.2. The highest BCUT2D eigenvalue weighted by Crippen LogP contribution is 2.36. The van der Waals surface area contributed by atoms with Crippen molar-refractivity contribution in [2.45, 2.75) is 13.8 Å². The minimum atomic E-state index is -0.0746. The van der Waals surface area contributed by atoms with Crippen molar-refractivity contribution < 1.29 is 4.79 Å². The molecule has 0 atom stereocenters. The number of hydrogen-bond donors (Lipinski definition) is 0. The highest BCUT2D eigenvalue weighted by Gasteiger charge is 2.32. The summed E-state index contributed by atoms with van der Waals surface area (Å²) >= 11 is 13.6. The predicted octanol–water partition coefficient (Wildman–Crippen LogP) is 5.93. The summed E-state index contributed by atoms with van der Waals surface area (Å²) in [7, 11) is 0. The number of nitrogens with zero attached hydrogens (tertiary/aromatic N) is 2. The van der Waals surface area contributed by atoms with E-state index in [1.54, 1.807) is 17.0 Å². The molecule has 0 radical (unpaired) electrons. The van der Waals surface area contributed by atoms with Gasteiger partial charge in [-0.1, -0.05) is 53.0 Å². The predicted molar refractivity (Wildman–Crippen MR) is 108 cm³/mol. The lowest BCUT2D eigenvalue weighted by Crippen LogP contribution is -2.28. The standard InChI is InChI=1S/C19H16Cl2N2OS/c1-3-23-18(24)16(11-13-5-4-6-15(20)17(13)21)25-19(23)22-14-9-7-12(2)8-10-14/h4-11H,3H2,1-2H3/b16-11+,22-19?. The molecule has 1 amide bonds. The third-order valence-electron chi connectivity index (χ3n) is 3.73. The van der Waals surface area contributed by atoms with Crippen LogP contribution in [0.3, 0.4) is 0 Å². The average molecular weight is 391 g/mol. The summed E-state index contributed by atoms with van der Waals surface area (Å²) in [5.74, 6) is -0.0746. The van der Waals surface area contributed by atoms with Gasteiger partial charge in [0.15, 0.2) is 5.17 Å². The molecule has 1 heterocycles. The van der Waals surface area contributed by atoms with Crippen molar-refractivity contribution >= 4 is 57.8 Å². The van der Waals surface area contributed by atoms with Crippen molar-refractivity contribution in [2.75, 3.05) is 6.54 Å². The maximum Gasteiger partial charge on any atom is 0.266 e. The molecule has 0 bridgehead atoms. The fourth-order valence-corrected chi connectivity index (χ4v) is 3.79. The van der Waals surface area contributed by atoms with E-state index in [1.807, 2.05) is 50.2 Å². The molecule has 25 heavy (non-hydrogen) atoms. The van der Waals surface area contributed by atoms with E-state index >= 15 is 0 Å². The minimum Gasteiger partial charge on any atom is -0.287 e. The van der Waals surface area contributed by atoms with Gasteiger partial charge in [0.1, 0.15) is 0 Å². The van der Waals surface area contributed by atoms with E-state index in [4.69, 9.17) is 23.2 Å². The van der Waals surface area contributed by atoms with Crippen LogP contribution in [0.25, 0.3) is 6.08 Å². The topological polar surface area (TPSA) is 32.7 Å². The quantitative estimate of drug-likeness (QED) is 0.608. The second kappa shape index (κ2) is 7.65. The molecular formula is C19H16Cl2N2OS. The van der Waals surface area contributed by atoms with Crippen molar-refractivity contribution in [2.24, 2.45) is 4.99 Å². The van der Waals surface area contributed by atoms with Crippen molar-refractivity contribution in [3.05, 3.63) is 68.5 Å². The van der Waals surface area contributed by atoms with E-state index in [2.05, 4.69) is 4.99 Å². The number of rotatable bonds is 3. The molecule has 1 saturated heterocycles. The summed E-state index contributed by atoms with van der Waals surface area (Å²) < 4.78 is 0. The van der Waals surface area contributed by atoms with Crippen molar-refractivity contribution in [1.29, 1.82) is 0 Å². The molecule has 0 aliphatic carbocycles. The molecule has 0 saturated carbocycles. The lowest BCUT2D eigenvalue weighted by molar-refractivity contribution is -0.122. The number of hydrogen-bond acceptors (Lipinski definition) is 3. The normalized spacial score (nSPS) is 17.8. The Hall–Kier alpha value is -1.75. The zero-order chi connectivity index (χ0) is 18.0. The van der Waals surface area contributed by atoms with E-state index in [9.17, 15) is 4.79 Å². The molecular weight excluding hydrogens is 375 g/mol. The van der Waals surface area contributed by atoms with Crippen molar-refractivity contribution in [3.8, 4) is 0 Å². The van der Waals surface area contributed by atoms with E-state index in [1.165, 1.54) is 17.3 Å². The first-order chi connectivity index (χ1) is 12.0. The van der Waals surface area contributed by atoms with Crippen LogP contribution in [-0.2, 0) is 4.79 Å². The van der Waals surface area contributed by atoms with Crippen LogP contribution in [0.15, 0.2) is 52.4 Å².